The second-order valence-electron chi connectivity index (χ2n) is 10.6. The maximum absolute atomic E-state index is 6.35. The van der Waals surface area contributed by atoms with Gasteiger partial charge in [-0.15, -0.1) is 0 Å². The molecule has 0 aliphatic carbocycles. The summed E-state index contributed by atoms with van der Waals surface area (Å²) in [5, 5.41) is 4.67. The van der Waals surface area contributed by atoms with Crippen LogP contribution in [0.2, 0.25) is 0 Å². The summed E-state index contributed by atoms with van der Waals surface area (Å²) in [6.07, 6.45) is 0. The monoisotopic (exact) mass is 537 g/mol. The van der Waals surface area contributed by atoms with Crippen molar-refractivity contribution in [3.63, 3.8) is 0 Å². The molecule has 0 saturated heterocycles. The number of nitrogens with zero attached hydrogens (tertiary/aromatic N) is 1. The molecular weight excluding hydrogens is 510 g/mol. The summed E-state index contributed by atoms with van der Waals surface area (Å²) in [4.78, 5) is 2.36. The summed E-state index contributed by atoms with van der Waals surface area (Å²) >= 11 is 0. The van der Waals surface area contributed by atoms with E-state index in [1.54, 1.807) is 0 Å². The van der Waals surface area contributed by atoms with Crippen LogP contribution >= 0.6 is 0 Å². The average Bonchev–Trinajstić information content (AvgIpc) is 3.44. The van der Waals surface area contributed by atoms with E-state index in [1.807, 2.05) is 12.1 Å². The number of fused-ring (bicyclic) bond motifs is 4. The van der Waals surface area contributed by atoms with Crippen molar-refractivity contribution in [2.75, 3.05) is 4.90 Å². The maximum atomic E-state index is 6.35. The Bertz CT molecular complexity index is 2170. The normalized spacial score (nSPS) is 11.3. The number of para-hydroxylation sites is 1. The van der Waals surface area contributed by atoms with E-state index in [1.165, 1.54) is 33.0 Å². The molecule has 0 aliphatic heterocycles. The molecule has 0 N–H and O–H groups in total. The van der Waals surface area contributed by atoms with Gasteiger partial charge in [-0.2, -0.15) is 0 Å². The molecular formula is C40H27NO. The van der Waals surface area contributed by atoms with Crippen LogP contribution in [0.5, 0.6) is 0 Å². The van der Waals surface area contributed by atoms with Gasteiger partial charge >= 0.3 is 0 Å². The Kier molecular flexibility index (Phi) is 5.82. The van der Waals surface area contributed by atoms with Gasteiger partial charge in [-0.1, -0.05) is 121 Å². The standard InChI is InChI=1S/C40H27NO/c1-3-11-28(12-4-1)29-21-23-32(24-22-29)41(33-25-26-36-35-17-7-8-20-38(35)42-39(36)27-33)37-19-10-16-31-15-9-18-34(40(31)37)30-13-5-2-6-14-30/h1-27H. The minimum absolute atomic E-state index is 0.878. The molecule has 0 saturated carbocycles. The first-order valence-electron chi connectivity index (χ1n) is 14.3. The fourth-order valence-corrected chi connectivity index (χ4v) is 6.08. The minimum atomic E-state index is 0.878. The van der Waals surface area contributed by atoms with Crippen molar-refractivity contribution in [1.29, 1.82) is 0 Å². The Morgan fingerprint density at radius 2 is 1.02 bits per heavy atom. The van der Waals surface area contributed by atoms with Crippen molar-refractivity contribution in [2.45, 2.75) is 0 Å². The van der Waals surface area contributed by atoms with Crippen molar-refractivity contribution >= 4 is 49.8 Å². The van der Waals surface area contributed by atoms with Crippen LogP contribution < -0.4 is 4.90 Å². The highest BCUT2D eigenvalue weighted by Gasteiger charge is 2.19. The van der Waals surface area contributed by atoms with Crippen molar-refractivity contribution in [3.05, 3.63) is 164 Å². The van der Waals surface area contributed by atoms with Crippen LogP contribution in [0, 0.1) is 0 Å². The van der Waals surface area contributed by atoms with Crippen LogP contribution in [-0.4, -0.2) is 0 Å². The second-order valence-corrected chi connectivity index (χ2v) is 10.6. The van der Waals surface area contributed by atoms with Crippen molar-refractivity contribution in [3.8, 4) is 22.3 Å². The lowest BCUT2D eigenvalue weighted by Crippen LogP contribution is -2.10. The third kappa shape index (κ3) is 4.13. The molecule has 2 nitrogen and oxygen atoms in total. The molecule has 0 spiro atoms. The first-order valence-corrected chi connectivity index (χ1v) is 14.3. The zero-order valence-electron chi connectivity index (χ0n) is 22.9. The van der Waals surface area contributed by atoms with Gasteiger partial charge in [0.15, 0.2) is 0 Å². The van der Waals surface area contributed by atoms with E-state index < -0.39 is 0 Å². The minimum Gasteiger partial charge on any atom is -0.456 e. The lowest BCUT2D eigenvalue weighted by atomic mass is 9.96. The van der Waals surface area contributed by atoms with Crippen LogP contribution in [0.4, 0.5) is 17.1 Å². The fourth-order valence-electron chi connectivity index (χ4n) is 6.08. The van der Waals surface area contributed by atoms with E-state index in [0.717, 1.165) is 39.0 Å². The third-order valence-electron chi connectivity index (χ3n) is 8.06. The molecule has 7 aromatic carbocycles. The summed E-state index contributed by atoms with van der Waals surface area (Å²) < 4.78 is 6.35. The summed E-state index contributed by atoms with van der Waals surface area (Å²) in [7, 11) is 0. The molecule has 198 valence electrons. The van der Waals surface area contributed by atoms with Gasteiger partial charge in [0.25, 0.3) is 0 Å². The predicted octanol–water partition coefficient (Wildman–Crippen LogP) is 11.5. The molecule has 0 radical (unpaired) electrons. The molecule has 0 fully saturated rings. The SMILES string of the molecule is c1ccc(-c2ccc(N(c3ccc4c(c3)oc3ccccc34)c3cccc4cccc(-c5ccccc5)c34)cc2)cc1. The number of benzene rings is 7. The van der Waals surface area contributed by atoms with Crippen molar-refractivity contribution in [1.82, 2.24) is 0 Å². The number of hydrogen-bond donors (Lipinski definition) is 0. The van der Waals surface area contributed by atoms with Gasteiger partial charge in [0, 0.05) is 33.6 Å². The summed E-state index contributed by atoms with van der Waals surface area (Å²) in [6, 6.07) is 58.0. The van der Waals surface area contributed by atoms with Gasteiger partial charge in [-0.05, 0) is 64.0 Å². The smallest absolute Gasteiger partial charge is 0.137 e. The molecule has 2 heteroatoms. The topological polar surface area (TPSA) is 16.4 Å². The van der Waals surface area contributed by atoms with E-state index in [-0.39, 0.29) is 0 Å². The van der Waals surface area contributed by atoms with Crippen LogP contribution in [0.3, 0.4) is 0 Å². The van der Waals surface area contributed by atoms with E-state index in [2.05, 4.69) is 157 Å². The molecule has 0 amide bonds. The van der Waals surface area contributed by atoms with Crippen LogP contribution in [-0.2, 0) is 0 Å². The van der Waals surface area contributed by atoms with Gasteiger partial charge in [-0.25, -0.2) is 0 Å². The molecule has 0 unspecified atom stereocenters. The van der Waals surface area contributed by atoms with Gasteiger partial charge in [0.1, 0.15) is 11.2 Å². The first kappa shape index (κ1) is 24.2. The molecule has 0 bridgehead atoms. The zero-order chi connectivity index (χ0) is 27.9. The lowest BCUT2D eigenvalue weighted by molar-refractivity contribution is 0.669. The van der Waals surface area contributed by atoms with E-state index in [0.29, 0.717) is 0 Å². The van der Waals surface area contributed by atoms with Crippen LogP contribution in [0.25, 0.3) is 55.0 Å². The largest absolute Gasteiger partial charge is 0.456 e. The Morgan fingerprint density at radius 3 is 1.81 bits per heavy atom. The number of rotatable bonds is 5. The maximum Gasteiger partial charge on any atom is 0.137 e. The predicted molar refractivity (Wildman–Crippen MR) is 177 cm³/mol. The molecule has 8 aromatic rings. The van der Waals surface area contributed by atoms with Crippen molar-refractivity contribution < 1.29 is 4.42 Å². The highest BCUT2D eigenvalue weighted by Crippen LogP contribution is 2.44. The quantitative estimate of drug-likeness (QED) is 0.217. The van der Waals surface area contributed by atoms with E-state index >= 15 is 0 Å². The Hall–Kier alpha value is -5.60. The second kappa shape index (κ2) is 10.1. The van der Waals surface area contributed by atoms with Crippen LogP contribution in [0.15, 0.2) is 168 Å². The molecule has 8 rings (SSSR count). The summed E-state index contributed by atoms with van der Waals surface area (Å²) in [6.45, 7) is 0. The highest BCUT2D eigenvalue weighted by molar-refractivity contribution is 6.09. The molecule has 0 aliphatic rings. The Morgan fingerprint density at radius 1 is 0.405 bits per heavy atom. The number of hydrogen-bond acceptors (Lipinski definition) is 2. The zero-order valence-corrected chi connectivity index (χ0v) is 22.9. The Balaban J connectivity index is 1.37. The molecule has 1 heterocycles. The molecule has 0 atom stereocenters. The first-order chi connectivity index (χ1) is 20.8. The molecule has 1 aromatic heterocycles. The summed E-state index contributed by atoms with van der Waals surface area (Å²) in [5.74, 6) is 0. The van der Waals surface area contributed by atoms with E-state index in [9.17, 15) is 0 Å². The van der Waals surface area contributed by atoms with E-state index in [4.69, 9.17) is 4.42 Å². The molecule has 42 heavy (non-hydrogen) atoms. The summed E-state index contributed by atoms with van der Waals surface area (Å²) in [5.41, 5.74) is 9.83. The van der Waals surface area contributed by atoms with Gasteiger partial charge in [0.05, 0.1) is 5.69 Å². The third-order valence-corrected chi connectivity index (χ3v) is 8.06. The highest BCUT2D eigenvalue weighted by atomic mass is 16.3. The van der Waals surface area contributed by atoms with Crippen LogP contribution in [0.1, 0.15) is 0 Å². The lowest BCUT2D eigenvalue weighted by Gasteiger charge is -2.28. The Labute approximate surface area is 244 Å². The van der Waals surface area contributed by atoms with Gasteiger partial charge in [-0.3, -0.25) is 0 Å². The van der Waals surface area contributed by atoms with Gasteiger partial charge in [0.2, 0.25) is 0 Å². The fraction of sp³-hybridized carbons (Fsp3) is 0. The van der Waals surface area contributed by atoms with Gasteiger partial charge < -0.3 is 9.32 Å². The average molecular weight is 538 g/mol. The van der Waals surface area contributed by atoms with Crippen molar-refractivity contribution in [2.24, 2.45) is 0 Å². The number of furan rings is 1. The number of anilines is 3.